The average Bonchev–Trinajstić information content (AvgIpc) is 2.19. The predicted octanol–water partition coefficient (Wildman–Crippen LogP) is 3.44. The minimum Gasteiger partial charge on any atom is -0.493 e. The van der Waals surface area contributed by atoms with Crippen molar-refractivity contribution in [3.8, 4) is 5.75 Å². The first-order valence-electron chi connectivity index (χ1n) is 5.99. The lowest BCUT2D eigenvalue weighted by Crippen LogP contribution is -2.06. The molecule has 0 aliphatic carbocycles. The van der Waals surface area contributed by atoms with Crippen molar-refractivity contribution in [1.29, 1.82) is 0 Å². The second kappa shape index (κ2) is 5.90. The number of aryl methyl sites for hydroxylation is 1. The standard InChI is InChI=1S/C14H23NO/c1-10(2)7-8-16-14-6-5-13(12(4)15)9-11(14)3/h5-6,9-10,12H,7-8,15H2,1-4H3/t12-/m0/s1. The van der Waals surface area contributed by atoms with Crippen LogP contribution in [0.1, 0.15) is 44.4 Å². The summed E-state index contributed by atoms with van der Waals surface area (Å²) in [4.78, 5) is 0. The molecule has 0 unspecified atom stereocenters. The van der Waals surface area contributed by atoms with E-state index < -0.39 is 0 Å². The zero-order chi connectivity index (χ0) is 12.1. The monoisotopic (exact) mass is 221 g/mol. The van der Waals surface area contributed by atoms with Crippen LogP contribution in [0.15, 0.2) is 18.2 Å². The van der Waals surface area contributed by atoms with Gasteiger partial charge in [-0.3, -0.25) is 0 Å². The first kappa shape index (κ1) is 13.0. The number of benzene rings is 1. The molecule has 1 aromatic carbocycles. The molecule has 0 fully saturated rings. The summed E-state index contributed by atoms with van der Waals surface area (Å²) in [6, 6.07) is 6.26. The van der Waals surface area contributed by atoms with E-state index in [0.29, 0.717) is 5.92 Å². The van der Waals surface area contributed by atoms with Crippen LogP contribution >= 0.6 is 0 Å². The van der Waals surface area contributed by atoms with Crippen molar-refractivity contribution in [2.24, 2.45) is 11.7 Å². The smallest absolute Gasteiger partial charge is 0.122 e. The largest absolute Gasteiger partial charge is 0.493 e. The van der Waals surface area contributed by atoms with Crippen LogP contribution < -0.4 is 10.5 Å². The van der Waals surface area contributed by atoms with Gasteiger partial charge in [0.05, 0.1) is 6.61 Å². The molecule has 1 rings (SSSR count). The van der Waals surface area contributed by atoms with E-state index in [1.54, 1.807) is 0 Å². The van der Waals surface area contributed by atoms with Crippen LogP contribution in [0.2, 0.25) is 0 Å². The van der Waals surface area contributed by atoms with E-state index in [-0.39, 0.29) is 6.04 Å². The molecule has 16 heavy (non-hydrogen) atoms. The van der Waals surface area contributed by atoms with Crippen LogP contribution in [-0.2, 0) is 0 Å². The molecule has 0 saturated carbocycles. The first-order valence-corrected chi connectivity index (χ1v) is 5.99. The fourth-order valence-electron chi connectivity index (χ4n) is 1.52. The van der Waals surface area contributed by atoms with Crippen LogP contribution in [-0.4, -0.2) is 6.61 Å². The summed E-state index contributed by atoms with van der Waals surface area (Å²) in [5, 5.41) is 0. The Bertz CT molecular complexity index is 332. The van der Waals surface area contributed by atoms with Crippen LogP contribution in [0.25, 0.3) is 0 Å². The van der Waals surface area contributed by atoms with Gasteiger partial charge in [0, 0.05) is 6.04 Å². The molecule has 0 aliphatic rings. The van der Waals surface area contributed by atoms with Crippen molar-refractivity contribution in [1.82, 2.24) is 0 Å². The van der Waals surface area contributed by atoms with Crippen LogP contribution in [0.5, 0.6) is 5.75 Å². The van der Waals surface area contributed by atoms with Crippen LogP contribution in [0.4, 0.5) is 0 Å². The quantitative estimate of drug-likeness (QED) is 0.826. The van der Waals surface area contributed by atoms with E-state index in [2.05, 4.69) is 26.8 Å². The Labute approximate surface area is 98.8 Å². The molecule has 0 amide bonds. The predicted molar refractivity (Wildman–Crippen MR) is 68.7 cm³/mol. The molecular weight excluding hydrogens is 198 g/mol. The minimum atomic E-state index is 0.0865. The Morgan fingerprint density at radius 2 is 1.94 bits per heavy atom. The van der Waals surface area contributed by atoms with Gasteiger partial charge in [-0.15, -0.1) is 0 Å². The summed E-state index contributed by atoms with van der Waals surface area (Å²) in [5.74, 6) is 1.66. The van der Waals surface area contributed by atoms with Crippen LogP contribution in [0.3, 0.4) is 0 Å². The second-order valence-corrected chi connectivity index (χ2v) is 4.84. The molecule has 0 spiro atoms. The number of nitrogens with two attached hydrogens (primary N) is 1. The summed E-state index contributed by atoms with van der Waals surface area (Å²) in [6.45, 7) is 9.26. The van der Waals surface area contributed by atoms with Crippen molar-refractivity contribution in [2.75, 3.05) is 6.61 Å². The van der Waals surface area contributed by atoms with E-state index in [0.717, 1.165) is 24.3 Å². The number of rotatable bonds is 5. The molecule has 0 saturated heterocycles. The van der Waals surface area contributed by atoms with Crippen molar-refractivity contribution < 1.29 is 4.74 Å². The SMILES string of the molecule is Cc1cc([C@H](C)N)ccc1OCCC(C)C. The number of hydrogen-bond acceptors (Lipinski definition) is 2. The molecule has 2 N–H and O–H groups in total. The average molecular weight is 221 g/mol. The second-order valence-electron chi connectivity index (χ2n) is 4.84. The highest BCUT2D eigenvalue weighted by atomic mass is 16.5. The molecule has 90 valence electrons. The Morgan fingerprint density at radius 3 is 2.44 bits per heavy atom. The maximum atomic E-state index is 5.83. The van der Waals surface area contributed by atoms with Gasteiger partial charge in [-0.25, -0.2) is 0 Å². The third kappa shape index (κ3) is 3.86. The lowest BCUT2D eigenvalue weighted by Gasteiger charge is -2.13. The van der Waals surface area contributed by atoms with Gasteiger partial charge in [0.1, 0.15) is 5.75 Å². The summed E-state index contributed by atoms with van der Waals surface area (Å²) in [5.41, 5.74) is 8.16. The van der Waals surface area contributed by atoms with Gasteiger partial charge >= 0.3 is 0 Å². The van der Waals surface area contributed by atoms with Gasteiger partial charge in [0.2, 0.25) is 0 Å². The van der Waals surface area contributed by atoms with Gasteiger partial charge in [-0.2, -0.15) is 0 Å². The Morgan fingerprint density at radius 1 is 1.25 bits per heavy atom. The van der Waals surface area contributed by atoms with Gasteiger partial charge in [-0.1, -0.05) is 26.0 Å². The first-order chi connectivity index (χ1) is 7.50. The lowest BCUT2D eigenvalue weighted by molar-refractivity contribution is 0.287. The Kier molecular flexibility index (Phi) is 4.81. The topological polar surface area (TPSA) is 35.2 Å². The molecule has 0 radical (unpaired) electrons. The molecule has 1 aromatic rings. The summed E-state index contributed by atoms with van der Waals surface area (Å²) in [6.07, 6.45) is 1.09. The minimum absolute atomic E-state index is 0.0865. The number of ether oxygens (including phenoxy) is 1. The zero-order valence-corrected chi connectivity index (χ0v) is 10.8. The van der Waals surface area contributed by atoms with Crippen molar-refractivity contribution in [2.45, 2.75) is 40.2 Å². The molecule has 0 aliphatic heterocycles. The lowest BCUT2D eigenvalue weighted by atomic mass is 10.1. The Hall–Kier alpha value is -1.02. The van der Waals surface area contributed by atoms with E-state index in [4.69, 9.17) is 10.5 Å². The number of hydrogen-bond donors (Lipinski definition) is 1. The highest BCUT2D eigenvalue weighted by Gasteiger charge is 2.04. The zero-order valence-electron chi connectivity index (χ0n) is 10.8. The van der Waals surface area contributed by atoms with Gasteiger partial charge in [0.25, 0.3) is 0 Å². The van der Waals surface area contributed by atoms with E-state index >= 15 is 0 Å². The summed E-state index contributed by atoms with van der Waals surface area (Å²) < 4.78 is 5.74. The molecule has 0 bridgehead atoms. The van der Waals surface area contributed by atoms with Gasteiger partial charge < -0.3 is 10.5 Å². The van der Waals surface area contributed by atoms with E-state index in [9.17, 15) is 0 Å². The van der Waals surface area contributed by atoms with E-state index in [1.165, 1.54) is 5.56 Å². The Balaban J connectivity index is 2.61. The maximum absolute atomic E-state index is 5.83. The van der Waals surface area contributed by atoms with Crippen molar-refractivity contribution >= 4 is 0 Å². The molecular formula is C14H23NO. The van der Waals surface area contributed by atoms with Crippen molar-refractivity contribution in [3.05, 3.63) is 29.3 Å². The third-order valence-corrected chi connectivity index (χ3v) is 2.68. The third-order valence-electron chi connectivity index (χ3n) is 2.68. The highest BCUT2D eigenvalue weighted by molar-refractivity contribution is 5.37. The molecule has 0 heterocycles. The molecule has 2 heteroatoms. The van der Waals surface area contributed by atoms with E-state index in [1.807, 2.05) is 19.1 Å². The maximum Gasteiger partial charge on any atom is 0.122 e. The van der Waals surface area contributed by atoms with Crippen molar-refractivity contribution in [3.63, 3.8) is 0 Å². The highest BCUT2D eigenvalue weighted by Crippen LogP contribution is 2.22. The van der Waals surface area contributed by atoms with Gasteiger partial charge in [-0.05, 0) is 43.4 Å². The molecule has 1 atom stereocenters. The molecule has 2 nitrogen and oxygen atoms in total. The van der Waals surface area contributed by atoms with Crippen LogP contribution in [0, 0.1) is 12.8 Å². The normalized spacial score (nSPS) is 12.9. The molecule has 0 aromatic heterocycles. The van der Waals surface area contributed by atoms with Gasteiger partial charge in [0.15, 0.2) is 0 Å². The summed E-state index contributed by atoms with van der Waals surface area (Å²) in [7, 11) is 0. The fourth-order valence-corrected chi connectivity index (χ4v) is 1.52. The summed E-state index contributed by atoms with van der Waals surface area (Å²) >= 11 is 0. The fraction of sp³-hybridized carbons (Fsp3) is 0.571.